The average molecular weight is 357 g/mol. The van der Waals surface area contributed by atoms with Gasteiger partial charge in [-0.15, -0.1) is 0 Å². The molecule has 0 spiro atoms. The normalized spacial score (nSPS) is 17.1. The van der Waals surface area contributed by atoms with Crippen LogP contribution >= 0.6 is 0 Å². The molecule has 2 heterocycles. The van der Waals surface area contributed by atoms with Crippen LogP contribution in [-0.4, -0.2) is 51.4 Å². The van der Waals surface area contributed by atoms with Crippen molar-refractivity contribution in [2.45, 2.75) is 38.1 Å². The molecule has 1 aliphatic heterocycles. The van der Waals surface area contributed by atoms with Gasteiger partial charge in [-0.2, -0.15) is 5.10 Å². The number of hydrogen-bond donors (Lipinski definition) is 1. The zero-order chi connectivity index (χ0) is 18.5. The number of carboxylic acid groups (broad SMARTS) is 1. The van der Waals surface area contributed by atoms with Crippen LogP contribution in [0, 0.1) is 0 Å². The van der Waals surface area contributed by atoms with Gasteiger partial charge < -0.3 is 14.7 Å². The molecule has 1 atom stereocenters. The third kappa shape index (κ3) is 4.04. The van der Waals surface area contributed by atoms with Crippen molar-refractivity contribution in [3.63, 3.8) is 0 Å². The highest BCUT2D eigenvalue weighted by molar-refractivity contribution is 5.92. The van der Waals surface area contributed by atoms with E-state index in [9.17, 15) is 9.59 Å². The van der Waals surface area contributed by atoms with E-state index in [1.807, 2.05) is 24.3 Å². The summed E-state index contributed by atoms with van der Waals surface area (Å²) in [5.41, 5.74) is 1.22. The summed E-state index contributed by atoms with van der Waals surface area (Å²) in [6.45, 7) is 0.651. The Labute approximate surface area is 152 Å². The van der Waals surface area contributed by atoms with Crippen LogP contribution in [0.4, 0.5) is 0 Å². The number of amides is 1. The van der Waals surface area contributed by atoms with Crippen molar-refractivity contribution in [1.82, 2.24) is 14.7 Å². The van der Waals surface area contributed by atoms with Gasteiger partial charge in [0.1, 0.15) is 5.75 Å². The van der Waals surface area contributed by atoms with Crippen LogP contribution in [0.15, 0.2) is 36.5 Å². The molecule has 0 radical (unpaired) electrons. The largest absolute Gasteiger partial charge is 0.497 e. The molecule has 26 heavy (non-hydrogen) atoms. The minimum atomic E-state index is -0.827. The van der Waals surface area contributed by atoms with Crippen LogP contribution in [-0.2, 0) is 4.79 Å². The minimum Gasteiger partial charge on any atom is -0.497 e. The molecule has 1 aromatic carbocycles. The van der Waals surface area contributed by atoms with Gasteiger partial charge in [-0.05, 0) is 56.0 Å². The fourth-order valence-electron chi connectivity index (χ4n) is 3.32. The van der Waals surface area contributed by atoms with Gasteiger partial charge >= 0.3 is 5.97 Å². The first-order valence-electron chi connectivity index (χ1n) is 8.81. The Morgan fingerprint density at radius 3 is 2.69 bits per heavy atom. The second-order valence-electron chi connectivity index (χ2n) is 6.42. The lowest BCUT2D eigenvalue weighted by Crippen LogP contribution is -2.44. The lowest BCUT2D eigenvalue weighted by Gasteiger charge is -2.35. The third-order valence-electron chi connectivity index (χ3n) is 4.72. The number of methoxy groups -OCH3 is 1. The number of carbonyl (C=O) groups excluding carboxylic acids is 1. The van der Waals surface area contributed by atoms with Crippen LogP contribution in [0.3, 0.4) is 0 Å². The lowest BCUT2D eigenvalue weighted by molar-refractivity contribution is -0.137. The van der Waals surface area contributed by atoms with E-state index in [4.69, 9.17) is 9.84 Å². The molecule has 1 amide bonds. The van der Waals surface area contributed by atoms with E-state index in [0.717, 1.165) is 30.7 Å². The van der Waals surface area contributed by atoms with E-state index in [1.54, 1.807) is 29.0 Å². The summed E-state index contributed by atoms with van der Waals surface area (Å²) >= 11 is 0. The highest BCUT2D eigenvalue weighted by Crippen LogP contribution is 2.23. The Morgan fingerprint density at radius 1 is 1.23 bits per heavy atom. The maximum Gasteiger partial charge on any atom is 0.303 e. The van der Waals surface area contributed by atoms with Gasteiger partial charge in [-0.25, -0.2) is 4.68 Å². The Hall–Kier alpha value is -2.83. The van der Waals surface area contributed by atoms with Crippen molar-refractivity contribution >= 4 is 11.9 Å². The molecule has 3 rings (SSSR count). The molecule has 0 saturated carbocycles. The zero-order valence-corrected chi connectivity index (χ0v) is 14.8. The van der Waals surface area contributed by atoms with Crippen LogP contribution in [0.25, 0.3) is 5.69 Å². The predicted molar refractivity (Wildman–Crippen MR) is 95.7 cm³/mol. The number of aromatic nitrogens is 2. The molecule has 0 aliphatic carbocycles. The Kier molecular flexibility index (Phi) is 5.55. The number of benzene rings is 1. The first kappa shape index (κ1) is 18.0. The molecule has 1 saturated heterocycles. The summed E-state index contributed by atoms with van der Waals surface area (Å²) in [6.07, 6.45) is 5.13. The number of rotatable bonds is 6. The zero-order valence-electron chi connectivity index (χ0n) is 14.8. The summed E-state index contributed by atoms with van der Waals surface area (Å²) in [4.78, 5) is 25.5. The maximum absolute atomic E-state index is 12.9. The minimum absolute atomic E-state index is 0.0292. The van der Waals surface area contributed by atoms with Crippen molar-refractivity contribution < 1.29 is 19.4 Å². The average Bonchev–Trinajstić information content (AvgIpc) is 3.16. The van der Waals surface area contributed by atoms with Crippen molar-refractivity contribution in [2.24, 2.45) is 0 Å². The lowest BCUT2D eigenvalue weighted by atomic mass is 9.97. The predicted octanol–water partition coefficient (Wildman–Crippen LogP) is 2.74. The number of carboxylic acids is 1. The van der Waals surface area contributed by atoms with E-state index < -0.39 is 5.97 Å². The standard InChI is InChI=1S/C19H23N3O4/c1-26-16-8-5-15(6-9-16)22-13-11-17(20-22)19(25)21-12-3-2-4-14(21)7-10-18(23)24/h5-6,8-9,11,13-14H,2-4,7,10,12H2,1H3,(H,23,24). The summed E-state index contributed by atoms with van der Waals surface area (Å²) in [5, 5.41) is 13.3. The van der Waals surface area contributed by atoms with Gasteiger partial charge in [-0.1, -0.05) is 0 Å². The SMILES string of the molecule is COc1ccc(-n2ccc(C(=O)N3CCCCC3CCC(=O)O)n2)cc1. The Bertz CT molecular complexity index is 769. The first-order valence-corrected chi connectivity index (χ1v) is 8.81. The number of likely N-dealkylation sites (tertiary alicyclic amines) is 1. The van der Waals surface area contributed by atoms with Crippen molar-refractivity contribution in [3.05, 3.63) is 42.2 Å². The molecule has 1 fully saturated rings. The second-order valence-corrected chi connectivity index (χ2v) is 6.42. The van der Waals surface area contributed by atoms with Gasteiger partial charge in [0, 0.05) is 25.2 Å². The van der Waals surface area contributed by atoms with E-state index in [-0.39, 0.29) is 18.4 Å². The van der Waals surface area contributed by atoms with E-state index in [0.29, 0.717) is 18.7 Å². The number of piperidine rings is 1. The van der Waals surface area contributed by atoms with Gasteiger partial charge in [0.25, 0.3) is 5.91 Å². The molecule has 0 bridgehead atoms. The fraction of sp³-hybridized carbons (Fsp3) is 0.421. The maximum atomic E-state index is 12.9. The van der Waals surface area contributed by atoms with Gasteiger partial charge in [0.15, 0.2) is 5.69 Å². The van der Waals surface area contributed by atoms with E-state index >= 15 is 0 Å². The van der Waals surface area contributed by atoms with E-state index in [1.165, 1.54) is 0 Å². The molecule has 1 aliphatic rings. The number of hydrogen-bond acceptors (Lipinski definition) is 4. The Morgan fingerprint density at radius 2 is 2.00 bits per heavy atom. The smallest absolute Gasteiger partial charge is 0.303 e. The highest BCUT2D eigenvalue weighted by Gasteiger charge is 2.29. The van der Waals surface area contributed by atoms with Crippen LogP contribution < -0.4 is 4.74 Å². The quantitative estimate of drug-likeness (QED) is 0.859. The van der Waals surface area contributed by atoms with Crippen molar-refractivity contribution in [1.29, 1.82) is 0 Å². The molecule has 7 nitrogen and oxygen atoms in total. The molecule has 7 heteroatoms. The van der Waals surface area contributed by atoms with Crippen LogP contribution in [0.2, 0.25) is 0 Å². The first-order chi connectivity index (χ1) is 12.6. The van der Waals surface area contributed by atoms with Crippen LogP contribution in [0.1, 0.15) is 42.6 Å². The second kappa shape index (κ2) is 8.03. The monoisotopic (exact) mass is 357 g/mol. The number of aliphatic carboxylic acids is 1. The molecular formula is C19H23N3O4. The molecule has 1 aromatic heterocycles. The third-order valence-corrected chi connectivity index (χ3v) is 4.72. The summed E-state index contributed by atoms with van der Waals surface area (Å²) in [5.74, 6) is -0.203. The van der Waals surface area contributed by atoms with Gasteiger partial charge in [-0.3, -0.25) is 9.59 Å². The van der Waals surface area contributed by atoms with E-state index in [2.05, 4.69) is 5.10 Å². The molecule has 1 unspecified atom stereocenters. The molecule has 138 valence electrons. The van der Waals surface area contributed by atoms with Gasteiger partial charge in [0.2, 0.25) is 0 Å². The molecule has 2 aromatic rings. The van der Waals surface area contributed by atoms with Crippen LogP contribution in [0.5, 0.6) is 5.75 Å². The van der Waals surface area contributed by atoms with Crippen molar-refractivity contribution in [2.75, 3.05) is 13.7 Å². The summed E-state index contributed by atoms with van der Waals surface area (Å²) in [6, 6.07) is 9.09. The Balaban J connectivity index is 1.74. The molecular weight excluding hydrogens is 334 g/mol. The summed E-state index contributed by atoms with van der Waals surface area (Å²) in [7, 11) is 1.61. The number of ether oxygens (including phenoxy) is 1. The molecule has 1 N–H and O–H groups in total. The summed E-state index contributed by atoms with van der Waals surface area (Å²) < 4.78 is 6.80. The number of nitrogens with zero attached hydrogens (tertiary/aromatic N) is 3. The van der Waals surface area contributed by atoms with Crippen molar-refractivity contribution in [3.8, 4) is 11.4 Å². The van der Waals surface area contributed by atoms with Gasteiger partial charge in [0.05, 0.1) is 12.8 Å². The fourth-order valence-corrected chi connectivity index (χ4v) is 3.32. The highest BCUT2D eigenvalue weighted by atomic mass is 16.5. The topological polar surface area (TPSA) is 84.7 Å². The number of carbonyl (C=O) groups is 2.